The number of hydrogen-bond acceptors (Lipinski definition) is 4. The van der Waals surface area contributed by atoms with E-state index in [0.29, 0.717) is 26.3 Å². The van der Waals surface area contributed by atoms with Crippen LogP contribution in [0.15, 0.2) is 0 Å². The van der Waals surface area contributed by atoms with Crippen LogP contribution in [0.4, 0.5) is 0 Å². The van der Waals surface area contributed by atoms with Crippen molar-refractivity contribution in [1.82, 2.24) is 9.03 Å². The number of ether oxygens (including phenoxy) is 2. The summed E-state index contributed by atoms with van der Waals surface area (Å²) in [6.07, 6.45) is 3.55. The highest BCUT2D eigenvalue weighted by Gasteiger charge is 2.23. The van der Waals surface area contributed by atoms with E-state index >= 15 is 0 Å². The Bertz CT molecular complexity index is 321. The minimum absolute atomic E-state index is 0.153. The molecule has 0 aliphatic carbocycles. The van der Waals surface area contributed by atoms with Gasteiger partial charge in [0.25, 0.3) is 10.2 Å². The highest BCUT2D eigenvalue weighted by molar-refractivity contribution is 7.87. The Labute approximate surface area is 116 Å². The summed E-state index contributed by atoms with van der Waals surface area (Å²) in [5.41, 5.74) is 0. The maximum absolute atomic E-state index is 12.2. The normalized spacial score (nSPS) is 18.7. The van der Waals surface area contributed by atoms with Crippen molar-refractivity contribution in [2.45, 2.75) is 45.8 Å². The van der Waals surface area contributed by atoms with Gasteiger partial charge in [0.15, 0.2) is 6.29 Å². The van der Waals surface area contributed by atoms with Crippen molar-refractivity contribution in [3.63, 3.8) is 0 Å². The van der Waals surface area contributed by atoms with Gasteiger partial charge in [0, 0.05) is 26.3 Å². The molecule has 0 amide bonds. The Morgan fingerprint density at radius 1 is 1.05 bits per heavy atom. The van der Waals surface area contributed by atoms with E-state index in [2.05, 4.69) is 4.72 Å². The minimum atomic E-state index is -3.42. The van der Waals surface area contributed by atoms with Gasteiger partial charge in [0.2, 0.25) is 0 Å². The Morgan fingerprint density at radius 2 is 1.58 bits per heavy atom. The molecule has 0 aromatic heterocycles. The molecule has 0 aromatic rings. The molecule has 7 heteroatoms. The van der Waals surface area contributed by atoms with E-state index in [1.54, 1.807) is 0 Å². The fraction of sp³-hybridized carbons (Fsp3) is 1.00. The summed E-state index contributed by atoms with van der Waals surface area (Å²) in [5.74, 6) is 0. The standard InChI is InChI=1S/C12H26N2O4S/c1-3-17-12(18-4-2)11-13-19(15,16)14-9-7-5-6-8-10-14/h12-13H,3-11H2,1-2H3. The maximum Gasteiger partial charge on any atom is 0.279 e. The van der Waals surface area contributed by atoms with E-state index in [1.807, 2.05) is 13.8 Å². The summed E-state index contributed by atoms with van der Waals surface area (Å²) < 4.78 is 39.1. The molecule has 1 aliphatic rings. The van der Waals surface area contributed by atoms with Crippen molar-refractivity contribution >= 4 is 10.2 Å². The lowest BCUT2D eigenvalue weighted by molar-refractivity contribution is -0.130. The van der Waals surface area contributed by atoms with Gasteiger partial charge in [-0.05, 0) is 26.7 Å². The quantitative estimate of drug-likeness (QED) is 0.681. The summed E-state index contributed by atoms with van der Waals surface area (Å²) in [6, 6.07) is 0. The van der Waals surface area contributed by atoms with Crippen LogP contribution in [0.3, 0.4) is 0 Å². The Kier molecular flexibility index (Phi) is 7.86. The van der Waals surface area contributed by atoms with Gasteiger partial charge in [-0.1, -0.05) is 12.8 Å². The second kappa shape index (κ2) is 8.86. The molecule has 19 heavy (non-hydrogen) atoms. The zero-order chi connectivity index (χ0) is 14.1. The Balaban J connectivity index is 2.47. The molecule has 0 aromatic carbocycles. The second-order valence-electron chi connectivity index (χ2n) is 4.51. The lowest BCUT2D eigenvalue weighted by atomic mass is 10.2. The average Bonchev–Trinajstić information content (AvgIpc) is 2.66. The summed E-state index contributed by atoms with van der Waals surface area (Å²) in [4.78, 5) is 0. The van der Waals surface area contributed by atoms with Crippen LogP contribution in [-0.4, -0.2) is 51.9 Å². The molecule has 1 N–H and O–H groups in total. The van der Waals surface area contributed by atoms with Crippen molar-refractivity contribution in [2.24, 2.45) is 0 Å². The molecule has 1 heterocycles. The number of rotatable bonds is 8. The fourth-order valence-electron chi connectivity index (χ4n) is 2.08. The van der Waals surface area contributed by atoms with E-state index in [0.717, 1.165) is 25.7 Å². The topological polar surface area (TPSA) is 67.9 Å². The number of nitrogens with one attached hydrogen (secondary N) is 1. The third-order valence-corrected chi connectivity index (χ3v) is 4.62. The molecular weight excluding hydrogens is 268 g/mol. The van der Waals surface area contributed by atoms with Crippen LogP contribution in [0.1, 0.15) is 39.5 Å². The zero-order valence-corrected chi connectivity index (χ0v) is 12.7. The van der Waals surface area contributed by atoms with Crippen LogP contribution in [0.25, 0.3) is 0 Å². The number of nitrogens with zero attached hydrogens (tertiary/aromatic N) is 1. The molecule has 0 radical (unpaired) electrons. The van der Waals surface area contributed by atoms with E-state index in [1.165, 1.54) is 4.31 Å². The molecule has 0 spiro atoms. The summed E-state index contributed by atoms with van der Waals surface area (Å²) in [6.45, 7) is 6.06. The molecule has 0 atom stereocenters. The molecule has 0 bridgehead atoms. The molecule has 1 saturated heterocycles. The first-order valence-electron chi connectivity index (χ1n) is 7.08. The third kappa shape index (κ3) is 6.18. The molecule has 6 nitrogen and oxygen atoms in total. The first-order valence-corrected chi connectivity index (χ1v) is 8.52. The van der Waals surface area contributed by atoms with Crippen LogP contribution >= 0.6 is 0 Å². The predicted octanol–water partition coefficient (Wildman–Crippen LogP) is 1.10. The maximum atomic E-state index is 12.2. The second-order valence-corrected chi connectivity index (χ2v) is 6.26. The third-order valence-electron chi connectivity index (χ3n) is 3.04. The molecule has 114 valence electrons. The van der Waals surface area contributed by atoms with Crippen LogP contribution in [0.2, 0.25) is 0 Å². The van der Waals surface area contributed by atoms with Crippen molar-refractivity contribution in [1.29, 1.82) is 0 Å². The summed E-state index contributed by atoms with van der Waals surface area (Å²) in [5, 5.41) is 0. The lowest BCUT2D eigenvalue weighted by Gasteiger charge is -2.22. The van der Waals surface area contributed by atoms with Gasteiger partial charge in [0.1, 0.15) is 0 Å². The lowest BCUT2D eigenvalue weighted by Crippen LogP contribution is -2.44. The van der Waals surface area contributed by atoms with Crippen LogP contribution in [0.5, 0.6) is 0 Å². The van der Waals surface area contributed by atoms with E-state index < -0.39 is 16.5 Å². The van der Waals surface area contributed by atoms with Gasteiger partial charge in [-0.3, -0.25) is 0 Å². The van der Waals surface area contributed by atoms with Gasteiger partial charge in [0.05, 0.1) is 6.54 Å². The molecule has 1 rings (SSSR count). The smallest absolute Gasteiger partial charge is 0.279 e. The summed E-state index contributed by atoms with van der Waals surface area (Å²) in [7, 11) is -3.42. The highest BCUT2D eigenvalue weighted by Crippen LogP contribution is 2.12. The Morgan fingerprint density at radius 3 is 2.05 bits per heavy atom. The van der Waals surface area contributed by atoms with Gasteiger partial charge >= 0.3 is 0 Å². The number of hydrogen-bond donors (Lipinski definition) is 1. The first-order chi connectivity index (χ1) is 9.10. The van der Waals surface area contributed by atoms with Gasteiger partial charge < -0.3 is 9.47 Å². The molecule has 1 fully saturated rings. The first kappa shape index (κ1) is 16.8. The Hall–Kier alpha value is -0.210. The van der Waals surface area contributed by atoms with Crippen LogP contribution in [0, 0.1) is 0 Å². The van der Waals surface area contributed by atoms with E-state index in [9.17, 15) is 8.42 Å². The molecular formula is C12H26N2O4S. The van der Waals surface area contributed by atoms with E-state index in [4.69, 9.17) is 9.47 Å². The monoisotopic (exact) mass is 294 g/mol. The van der Waals surface area contributed by atoms with Crippen LogP contribution in [-0.2, 0) is 19.7 Å². The van der Waals surface area contributed by atoms with Gasteiger partial charge in [-0.25, -0.2) is 0 Å². The van der Waals surface area contributed by atoms with Crippen molar-refractivity contribution < 1.29 is 17.9 Å². The molecule has 1 aliphatic heterocycles. The van der Waals surface area contributed by atoms with Gasteiger partial charge in [-0.2, -0.15) is 17.4 Å². The van der Waals surface area contributed by atoms with Crippen molar-refractivity contribution in [3.05, 3.63) is 0 Å². The molecule has 0 unspecified atom stereocenters. The van der Waals surface area contributed by atoms with Crippen molar-refractivity contribution in [3.8, 4) is 0 Å². The largest absolute Gasteiger partial charge is 0.352 e. The SMILES string of the molecule is CCOC(CNS(=O)(=O)N1CCCCCC1)OCC. The van der Waals surface area contributed by atoms with Crippen molar-refractivity contribution in [2.75, 3.05) is 32.8 Å². The average molecular weight is 294 g/mol. The highest BCUT2D eigenvalue weighted by atomic mass is 32.2. The zero-order valence-electron chi connectivity index (χ0n) is 11.9. The van der Waals surface area contributed by atoms with Gasteiger partial charge in [-0.15, -0.1) is 0 Å². The molecule has 0 saturated carbocycles. The fourth-order valence-corrected chi connectivity index (χ4v) is 3.35. The van der Waals surface area contributed by atoms with Crippen LogP contribution < -0.4 is 4.72 Å². The predicted molar refractivity (Wildman–Crippen MR) is 74.0 cm³/mol. The summed E-state index contributed by atoms with van der Waals surface area (Å²) >= 11 is 0. The van der Waals surface area contributed by atoms with E-state index in [-0.39, 0.29) is 6.54 Å². The minimum Gasteiger partial charge on any atom is -0.352 e.